The van der Waals surface area contributed by atoms with Crippen molar-refractivity contribution in [3.8, 4) is 0 Å². The van der Waals surface area contributed by atoms with Crippen LogP contribution in [0.25, 0.3) is 0 Å². The number of hydrogen-bond donors (Lipinski definition) is 1. The van der Waals surface area contributed by atoms with Crippen LogP contribution in [-0.4, -0.2) is 10.9 Å². The molecule has 1 unspecified atom stereocenters. The number of aryl methyl sites for hydroxylation is 2. The molecule has 20 heavy (non-hydrogen) atoms. The van der Waals surface area contributed by atoms with Crippen LogP contribution in [0.15, 0.2) is 48.5 Å². The highest BCUT2D eigenvalue weighted by molar-refractivity contribution is 5.94. The van der Waals surface area contributed by atoms with E-state index in [1.807, 2.05) is 62.4 Å². The first kappa shape index (κ1) is 16.1. The van der Waals surface area contributed by atoms with Crippen LogP contribution in [0, 0.1) is 13.8 Å². The summed E-state index contributed by atoms with van der Waals surface area (Å²) in [6.45, 7) is 7.35. The fraction of sp³-hybridized carbons (Fsp3) is 0.278. The highest BCUT2D eigenvalue weighted by Gasteiger charge is 1.98. The van der Waals surface area contributed by atoms with Crippen molar-refractivity contribution in [2.45, 2.75) is 33.8 Å². The van der Waals surface area contributed by atoms with E-state index in [0.29, 0.717) is 0 Å². The van der Waals surface area contributed by atoms with Gasteiger partial charge in [-0.05, 0) is 39.3 Å². The molecule has 0 aliphatic heterocycles. The van der Waals surface area contributed by atoms with Gasteiger partial charge in [0.1, 0.15) is 0 Å². The number of aliphatic hydroxyl groups is 1. The smallest absolute Gasteiger partial charge is 0.159 e. The predicted octanol–water partition coefficient (Wildman–Crippen LogP) is 4.25. The van der Waals surface area contributed by atoms with Crippen molar-refractivity contribution in [1.29, 1.82) is 0 Å². The van der Waals surface area contributed by atoms with Crippen molar-refractivity contribution in [3.63, 3.8) is 0 Å². The molecule has 0 saturated carbocycles. The van der Waals surface area contributed by atoms with Crippen LogP contribution in [0.1, 0.15) is 47.0 Å². The fourth-order valence-corrected chi connectivity index (χ4v) is 1.79. The van der Waals surface area contributed by atoms with Gasteiger partial charge in [-0.15, -0.1) is 0 Å². The molecule has 0 saturated heterocycles. The van der Waals surface area contributed by atoms with Crippen LogP contribution in [0.4, 0.5) is 0 Å². The molecular weight excluding hydrogens is 248 g/mol. The zero-order valence-electron chi connectivity index (χ0n) is 12.6. The van der Waals surface area contributed by atoms with Crippen molar-refractivity contribution in [3.05, 3.63) is 70.8 Å². The number of benzene rings is 2. The first-order valence-electron chi connectivity index (χ1n) is 6.72. The standard InChI is InChI=1S/C9H12O.C9H10O/c2*1-7-4-3-5-9(6-7)8(2)10/h3-6,8,10H,1-2H3;3-6H,1-2H3. The van der Waals surface area contributed by atoms with Crippen LogP contribution in [0.3, 0.4) is 0 Å². The average molecular weight is 270 g/mol. The lowest BCUT2D eigenvalue weighted by atomic mass is 10.1. The van der Waals surface area contributed by atoms with E-state index in [4.69, 9.17) is 5.11 Å². The largest absolute Gasteiger partial charge is 0.389 e. The first-order valence-corrected chi connectivity index (χ1v) is 6.72. The lowest BCUT2D eigenvalue weighted by molar-refractivity contribution is 0.101. The van der Waals surface area contributed by atoms with E-state index >= 15 is 0 Å². The van der Waals surface area contributed by atoms with Gasteiger partial charge in [-0.1, -0.05) is 53.6 Å². The van der Waals surface area contributed by atoms with Gasteiger partial charge in [0, 0.05) is 5.56 Å². The van der Waals surface area contributed by atoms with Gasteiger partial charge in [0.05, 0.1) is 6.10 Å². The highest BCUT2D eigenvalue weighted by Crippen LogP contribution is 2.12. The van der Waals surface area contributed by atoms with Crippen molar-refractivity contribution < 1.29 is 9.90 Å². The number of carbonyl (C=O) groups excluding carboxylic acids is 1. The summed E-state index contributed by atoms with van der Waals surface area (Å²) >= 11 is 0. The number of hydrogen-bond acceptors (Lipinski definition) is 2. The van der Waals surface area contributed by atoms with Gasteiger partial charge in [0.2, 0.25) is 0 Å². The lowest BCUT2D eigenvalue weighted by Gasteiger charge is -2.03. The van der Waals surface area contributed by atoms with Crippen LogP contribution in [-0.2, 0) is 0 Å². The molecule has 2 rings (SSSR count). The van der Waals surface area contributed by atoms with Crippen LogP contribution >= 0.6 is 0 Å². The molecule has 1 atom stereocenters. The van der Waals surface area contributed by atoms with Gasteiger partial charge in [-0.3, -0.25) is 4.79 Å². The van der Waals surface area contributed by atoms with Gasteiger partial charge in [-0.25, -0.2) is 0 Å². The van der Waals surface area contributed by atoms with Crippen molar-refractivity contribution in [1.82, 2.24) is 0 Å². The Balaban J connectivity index is 0.000000200. The molecule has 0 heterocycles. The van der Waals surface area contributed by atoms with Gasteiger partial charge >= 0.3 is 0 Å². The van der Waals surface area contributed by atoms with Crippen LogP contribution < -0.4 is 0 Å². The minimum absolute atomic E-state index is 0.128. The summed E-state index contributed by atoms with van der Waals surface area (Å²) in [7, 11) is 0. The molecule has 0 spiro atoms. The Morgan fingerprint density at radius 2 is 1.55 bits per heavy atom. The zero-order chi connectivity index (χ0) is 15.1. The molecule has 0 radical (unpaired) electrons. The summed E-state index contributed by atoms with van der Waals surface area (Å²) in [5.41, 5.74) is 4.10. The SMILES string of the molecule is CC(=O)c1cccc(C)c1.Cc1cccc(C(C)O)c1. The second-order valence-electron chi connectivity index (χ2n) is 5.02. The Morgan fingerprint density at radius 3 is 1.90 bits per heavy atom. The number of Topliss-reactive ketones (excluding diaryl/α,β-unsaturated/α-hetero) is 1. The molecule has 2 aromatic rings. The van der Waals surface area contributed by atoms with Gasteiger partial charge in [0.15, 0.2) is 5.78 Å². The third kappa shape index (κ3) is 5.37. The molecule has 0 bridgehead atoms. The van der Waals surface area contributed by atoms with E-state index < -0.39 is 0 Å². The Hall–Kier alpha value is -1.93. The molecule has 0 amide bonds. The van der Waals surface area contributed by atoms with Crippen molar-refractivity contribution >= 4 is 5.78 Å². The van der Waals surface area contributed by atoms with Crippen molar-refractivity contribution in [2.24, 2.45) is 0 Å². The van der Waals surface area contributed by atoms with Crippen LogP contribution in [0.2, 0.25) is 0 Å². The van der Waals surface area contributed by atoms with E-state index in [0.717, 1.165) is 16.7 Å². The Morgan fingerprint density at radius 1 is 1.00 bits per heavy atom. The summed E-state index contributed by atoms with van der Waals surface area (Å²) in [5.74, 6) is 0.128. The molecule has 2 heteroatoms. The minimum atomic E-state index is -0.347. The molecule has 0 aliphatic carbocycles. The first-order chi connectivity index (χ1) is 9.40. The Bertz CT molecular complexity index is 571. The molecule has 0 fully saturated rings. The normalized spacial score (nSPS) is 11.2. The third-order valence-corrected chi connectivity index (χ3v) is 2.95. The highest BCUT2D eigenvalue weighted by atomic mass is 16.3. The number of ketones is 1. The van der Waals surface area contributed by atoms with Crippen molar-refractivity contribution in [2.75, 3.05) is 0 Å². The summed E-state index contributed by atoms with van der Waals surface area (Å²) in [5, 5.41) is 9.15. The topological polar surface area (TPSA) is 37.3 Å². The third-order valence-electron chi connectivity index (χ3n) is 2.95. The number of carbonyl (C=O) groups is 1. The summed E-state index contributed by atoms with van der Waals surface area (Å²) < 4.78 is 0. The molecule has 0 aromatic heterocycles. The molecule has 1 N–H and O–H groups in total. The van der Waals surface area contributed by atoms with E-state index in [1.165, 1.54) is 5.56 Å². The van der Waals surface area contributed by atoms with Gasteiger partial charge < -0.3 is 5.11 Å². The fourth-order valence-electron chi connectivity index (χ4n) is 1.79. The maximum atomic E-state index is 10.8. The molecular formula is C18H22O2. The van der Waals surface area contributed by atoms with Gasteiger partial charge in [0.25, 0.3) is 0 Å². The molecule has 2 aromatic carbocycles. The van der Waals surface area contributed by atoms with Gasteiger partial charge in [-0.2, -0.15) is 0 Å². The van der Waals surface area contributed by atoms with E-state index in [1.54, 1.807) is 13.8 Å². The predicted molar refractivity (Wildman–Crippen MR) is 83.0 cm³/mol. The summed E-state index contributed by atoms with van der Waals surface area (Å²) in [4.78, 5) is 10.8. The van der Waals surface area contributed by atoms with E-state index in [9.17, 15) is 4.79 Å². The monoisotopic (exact) mass is 270 g/mol. The Kier molecular flexibility index (Phi) is 6.13. The summed E-state index contributed by atoms with van der Waals surface area (Å²) in [6.07, 6.45) is -0.347. The molecule has 0 aliphatic rings. The quantitative estimate of drug-likeness (QED) is 0.828. The maximum absolute atomic E-state index is 10.8. The molecule has 2 nitrogen and oxygen atoms in total. The second kappa shape index (κ2) is 7.61. The average Bonchev–Trinajstić information content (AvgIpc) is 2.39. The Labute approximate surface area is 121 Å². The number of aliphatic hydroxyl groups excluding tert-OH is 1. The summed E-state index contributed by atoms with van der Waals surface area (Å²) in [6, 6.07) is 15.5. The van der Waals surface area contributed by atoms with E-state index in [-0.39, 0.29) is 11.9 Å². The minimum Gasteiger partial charge on any atom is -0.389 e. The molecule has 106 valence electrons. The van der Waals surface area contributed by atoms with E-state index in [2.05, 4.69) is 0 Å². The maximum Gasteiger partial charge on any atom is 0.159 e. The lowest BCUT2D eigenvalue weighted by Crippen LogP contribution is -1.90. The van der Waals surface area contributed by atoms with Crippen LogP contribution in [0.5, 0.6) is 0 Å². The number of rotatable bonds is 2. The zero-order valence-corrected chi connectivity index (χ0v) is 12.6. The second-order valence-corrected chi connectivity index (χ2v) is 5.02.